The molecule has 0 heterocycles. The molecule has 4 heteroatoms. The lowest BCUT2D eigenvalue weighted by Gasteiger charge is -2.12. The fourth-order valence-corrected chi connectivity index (χ4v) is 1.89. The van der Waals surface area contributed by atoms with E-state index in [0.29, 0.717) is 23.6 Å². The Balaban J connectivity index is 2.24. The third-order valence-corrected chi connectivity index (χ3v) is 3.13. The van der Waals surface area contributed by atoms with E-state index < -0.39 is 5.82 Å². The van der Waals surface area contributed by atoms with Crippen LogP contribution >= 0.6 is 0 Å². The average molecular weight is 273 g/mol. The largest absolute Gasteiger partial charge is 0.488 e. The Bertz CT molecular complexity index is 638. The van der Waals surface area contributed by atoms with Gasteiger partial charge in [-0.25, -0.2) is 4.39 Å². The molecule has 0 aliphatic carbocycles. The Labute approximate surface area is 117 Å². The van der Waals surface area contributed by atoms with E-state index in [2.05, 4.69) is 5.16 Å². The molecule has 0 saturated heterocycles. The summed E-state index contributed by atoms with van der Waals surface area (Å²) < 4.78 is 19.0. The minimum atomic E-state index is -0.397. The Hall–Kier alpha value is -2.36. The van der Waals surface area contributed by atoms with Crippen LogP contribution in [0, 0.1) is 12.7 Å². The van der Waals surface area contributed by atoms with Gasteiger partial charge in [-0.2, -0.15) is 0 Å². The smallest absolute Gasteiger partial charge is 0.129 e. The van der Waals surface area contributed by atoms with Crippen molar-refractivity contribution in [1.82, 2.24) is 0 Å². The van der Waals surface area contributed by atoms with E-state index in [1.807, 2.05) is 31.2 Å². The molecule has 0 saturated carbocycles. The average Bonchev–Trinajstić information content (AvgIpc) is 2.46. The quantitative estimate of drug-likeness (QED) is 0.521. The fraction of sp³-hybridized carbons (Fsp3) is 0.188. The minimum Gasteiger partial charge on any atom is -0.488 e. The van der Waals surface area contributed by atoms with Gasteiger partial charge in [-0.1, -0.05) is 29.4 Å². The second kappa shape index (κ2) is 6.19. The van der Waals surface area contributed by atoms with E-state index in [1.165, 1.54) is 18.2 Å². The highest BCUT2D eigenvalue weighted by molar-refractivity contribution is 6.00. The van der Waals surface area contributed by atoms with Gasteiger partial charge in [-0.15, -0.1) is 0 Å². The molecule has 20 heavy (non-hydrogen) atoms. The summed E-state index contributed by atoms with van der Waals surface area (Å²) in [4.78, 5) is 0. The number of benzene rings is 2. The zero-order valence-corrected chi connectivity index (χ0v) is 11.4. The first-order valence-corrected chi connectivity index (χ1v) is 6.27. The van der Waals surface area contributed by atoms with E-state index in [1.54, 1.807) is 6.92 Å². The van der Waals surface area contributed by atoms with Gasteiger partial charge in [0.05, 0.1) is 5.71 Å². The number of hydrogen-bond donors (Lipinski definition) is 1. The lowest BCUT2D eigenvalue weighted by molar-refractivity contribution is 0.302. The summed E-state index contributed by atoms with van der Waals surface area (Å²) in [7, 11) is 0. The molecule has 0 atom stereocenters. The molecule has 3 nitrogen and oxygen atoms in total. The van der Waals surface area contributed by atoms with Crippen molar-refractivity contribution in [3.05, 3.63) is 65.0 Å². The first-order valence-electron chi connectivity index (χ1n) is 6.27. The number of ether oxygens (including phenoxy) is 1. The summed E-state index contributed by atoms with van der Waals surface area (Å²) in [6.45, 7) is 3.98. The van der Waals surface area contributed by atoms with Crippen LogP contribution in [0.15, 0.2) is 47.6 Å². The fourth-order valence-electron chi connectivity index (χ4n) is 1.89. The molecule has 1 N–H and O–H groups in total. The normalized spacial score (nSPS) is 11.4. The van der Waals surface area contributed by atoms with Gasteiger partial charge in [0.15, 0.2) is 0 Å². The molecule has 2 aromatic rings. The highest BCUT2D eigenvalue weighted by Gasteiger charge is 2.10. The van der Waals surface area contributed by atoms with Crippen molar-refractivity contribution in [2.45, 2.75) is 20.5 Å². The lowest BCUT2D eigenvalue weighted by Crippen LogP contribution is -2.04. The molecule has 0 unspecified atom stereocenters. The van der Waals surface area contributed by atoms with E-state index in [0.717, 1.165) is 11.1 Å². The lowest BCUT2D eigenvalue weighted by atomic mass is 10.1. The maximum Gasteiger partial charge on any atom is 0.129 e. The zero-order chi connectivity index (χ0) is 14.5. The van der Waals surface area contributed by atoms with Crippen molar-refractivity contribution in [1.29, 1.82) is 0 Å². The molecular formula is C16H16FNO2. The summed E-state index contributed by atoms with van der Waals surface area (Å²) >= 11 is 0. The van der Waals surface area contributed by atoms with E-state index in [9.17, 15) is 4.39 Å². The summed E-state index contributed by atoms with van der Waals surface area (Å²) in [5.41, 5.74) is 2.94. The third kappa shape index (κ3) is 3.15. The van der Waals surface area contributed by atoms with Crippen molar-refractivity contribution in [2.24, 2.45) is 5.16 Å². The highest BCUT2D eigenvalue weighted by Crippen LogP contribution is 2.22. The van der Waals surface area contributed by atoms with E-state index in [-0.39, 0.29) is 0 Å². The van der Waals surface area contributed by atoms with Crippen molar-refractivity contribution in [2.75, 3.05) is 0 Å². The van der Waals surface area contributed by atoms with Gasteiger partial charge in [-0.3, -0.25) is 0 Å². The van der Waals surface area contributed by atoms with Gasteiger partial charge in [-0.05, 0) is 43.2 Å². The molecule has 0 aliphatic rings. The number of nitrogens with zero attached hydrogens (tertiary/aromatic N) is 1. The molecule has 0 radical (unpaired) electrons. The first-order chi connectivity index (χ1) is 9.61. The van der Waals surface area contributed by atoms with Crippen LogP contribution in [0.5, 0.6) is 5.75 Å². The SMILES string of the molecule is C/C(=N/O)c1cc(F)ccc1OCc1ccccc1C. The number of oxime groups is 1. The Morgan fingerprint density at radius 2 is 2.00 bits per heavy atom. The Morgan fingerprint density at radius 3 is 2.70 bits per heavy atom. The molecule has 0 amide bonds. The summed E-state index contributed by atoms with van der Waals surface area (Å²) in [6.07, 6.45) is 0. The monoisotopic (exact) mass is 273 g/mol. The zero-order valence-electron chi connectivity index (χ0n) is 11.4. The number of hydrogen-bond acceptors (Lipinski definition) is 3. The van der Waals surface area contributed by atoms with Gasteiger partial charge < -0.3 is 9.94 Å². The van der Waals surface area contributed by atoms with E-state index in [4.69, 9.17) is 9.94 Å². The molecule has 2 aromatic carbocycles. The summed E-state index contributed by atoms with van der Waals surface area (Å²) in [5, 5.41) is 11.9. The molecule has 0 aliphatic heterocycles. The first kappa shape index (κ1) is 14.1. The van der Waals surface area contributed by atoms with Crippen LogP contribution in [0.25, 0.3) is 0 Å². The third-order valence-electron chi connectivity index (χ3n) is 3.13. The van der Waals surface area contributed by atoms with Gasteiger partial charge in [0.25, 0.3) is 0 Å². The van der Waals surface area contributed by atoms with Gasteiger partial charge in [0.2, 0.25) is 0 Å². The molecular weight excluding hydrogens is 257 g/mol. The van der Waals surface area contributed by atoms with E-state index >= 15 is 0 Å². The maximum atomic E-state index is 13.3. The van der Waals surface area contributed by atoms with Crippen LogP contribution in [-0.2, 0) is 6.61 Å². The summed E-state index contributed by atoms with van der Waals surface area (Å²) in [5.74, 6) is 0.0937. The number of halogens is 1. The number of rotatable bonds is 4. The van der Waals surface area contributed by atoms with Crippen LogP contribution in [0.4, 0.5) is 4.39 Å². The topological polar surface area (TPSA) is 41.8 Å². The van der Waals surface area contributed by atoms with Crippen LogP contribution in [0.2, 0.25) is 0 Å². The van der Waals surface area contributed by atoms with Crippen molar-refractivity contribution in [3.8, 4) is 5.75 Å². The molecule has 0 spiro atoms. The molecule has 0 fully saturated rings. The predicted octanol–water partition coefficient (Wildman–Crippen LogP) is 3.91. The van der Waals surface area contributed by atoms with Gasteiger partial charge in [0, 0.05) is 5.56 Å². The second-order valence-corrected chi connectivity index (χ2v) is 4.54. The molecule has 104 valence electrons. The maximum absolute atomic E-state index is 13.3. The second-order valence-electron chi connectivity index (χ2n) is 4.54. The van der Waals surface area contributed by atoms with Gasteiger partial charge in [0.1, 0.15) is 18.2 Å². The molecule has 0 bridgehead atoms. The molecule has 2 rings (SSSR count). The summed E-state index contributed by atoms with van der Waals surface area (Å²) in [6, 6.07) is 12.0. The minimum absolute atomic E-state index is 0.310. The Kier molecular flexibility index (Phi) is 4.35. The van der Waals surface area contributed by atoms with Crippen LogP contribution in [0.3, 0.4) is 0 Å². The van der Waals surface area contributed by atoms with Crippen molar-refractivity contribution < 1.29 is 14.3 Å². The predicted molar refractivity (Wildman–Crippen MR) is 75.9 cm³/mol. The number of aryl methyl sites for hydroxylation is 1. The van der Waals surface area contributed by atoms with Crippen LogP contribution < -0.4 is 4.74 Å². The Morgan fingerprint density at radius 1 is 1.25 bits per heavy atom. The van der Waals surface area contributed by atoms with Crippen molar-refractivity contribution >= 4 is 5.71 Å². The van der Waals surface area contributed by atoms with Crippen LogP contribution in [0.1, 0.15) is 23.6 Å². The molecule has 0 aromatic heterocycles. The van der Waals surface area contributed by atoms with Crippen molar-refractivity contribution in [3.63, 3.8) is 0 Å². The van der Waals surface area contributed by atoms with Crippen LogP contribution in [-0.4, -0.2) is 10.9 Å². The van der Waals surface area contributed by atoms with Gasteiger partial charge >= 0.3 is 0 Å². The highest BCUT2D eigenvalue weighted by atomic mass is 19.1. The standard InChI is InChI=1S/C16H16FNO2/c1-11-5-3-4-6-13(11)10-20-16-8-7-14(17)9-15(16)12(2)18-19/h3-9,19H,10H2,1-2H3/b18-12-.